The summed E-state index contributed by atoms with van der Waals surface area (Å²) >= 11 is 4.13. The van der Waals surface area contributed by atoms with Crippen LogP contribution in [0.5, 0.6) is 5.75 Å². The fraction of sp³-hybridized carbons (Fsp3) is 0.462. The van der Waals surface area contributed by atoms with Gasteiger partial charge >= 0.3 is 11.9 Å². The molecule has 0 atom stereocenters. The van der Waals surface area contributed by atoms with Gasteiger partial charge in [0.15, 0.2) is 6.79 Å². The summed E-state index contributed by atoms with van der Waals surface area (Å²) in [5.41, 5.74) is 0.616. The Hall–Kier alpha value is -0.230. The molecule has 0 radical (unpaired) electrons. The summed E-state index contributed by atoms with van der Waals surface area (Å²) in [7, 11) is 0. The van der Waals surface area contributed by atoms with Crippen molar-refractivity contribution in [3.63, 3.8) is 0 Å². The van der Waals surface area contributed by atoms with E-state index in [0.29, 0.717) is 24.8 Å². The van der Waals surface area contributed by atoms with Gasteiger partial charge in [0.05, 0.1) is 7.14 Å². The molecule has 1 aromatic carbocycles. The Morgan fingerprint density at radius 1 is 1.29 bits per heavy atom. The Bertz CT molecular complexity index is 480. The second-order valence-electron chi connectivity index (χ2n) is 4.11. The number of rotatable bonds is 7. The summed E-state index contributed by atoms with van der Waals surface area (Å²) in [5.74, 6) is -4.37. The summed E-state index contributed by atoms with van der Waals surface area (Å²) in [6.07, 6.45) is 0. The minimum absolute atomic E-state index is 0.138. The van der Waals surface area contributed by atoms with Crippen molar-refractivity contribution in [2.75, 3.05) is 13.4 Å². The van der Waals surface area contributed by atoms with Gasteiger partial charge < -0.3 is 14.2 Å². The van der Waals surface area contributed by atoms with Crippen LogP contribution in [0.2, 0.25) is 0 Å². The van der Waals surface area contributed by atoms with Crippen molar-refractivity contribution in [1.29, 1.82) is 0 Å². The van der Waals surface area contributed by atoms with Crippen LogP contribution in [0, 0.1) is 7.14 Å². The SMILES string of the molecule is CCOCOc1c(I)cc(COC(=O)C(C)(F)F)cc1I. The van der Waals surface area contributed by atoms with E-state index < -0.39 is 11.9 Å². The number of hydrogen-bond acceptors (Lipinski definition) is 4. The predicted molar refractivity (Wildman–Crippen MR) is 89.4 cm³/mol. The number of benzene rings is 1. The van der Waals surface area contributed by atoms with Gasteiger partial charge in [-0.1, -0.05) is 0 Å². The third-order valence-corrected chi connectivity index (χ3v) is 3.88. The molecule has 0 saturated carbocycles. The molecule has 0 fully saturated rings. The van der Waals surface area contributed by atoms with Crippen LogP contribution < -0.4 is 4.74 Å². The fourth-order valence-corrected chi connectivity index (χ4v) is 3.50. The molecule has 118 valence electrons. The lowest BCUT2D eigenvalue weighted by molar-refractivity contribution is -0.170. The first-order chi connectivity index (χ1) is 9.75. The van der Waals surface area contributed by atoms with Crippen LogP contribution in [0.25, 0.3) is 0 Å². The molecule has 0 aliphatic heterocycles. The number of esters is 1. The van der Waals surface area contributed by atoms with Crippen LogP contribution in [0.15, 0.2) is 12.1 Å². The first-order valence-electron chi connectivity index (χ1n) is 5.99. The van der Waals surface area contributed by atoms with Gasteiger partial charge in [0, 0.05) is 13.5 Å². The van der Waals surface area contributed by atoms with E-state index in [9.17, 15) is 13.6 Å². The highest BCUT2D eigenvalue weighted by atomic mass is 127. The monoisotopic (exact) mass is 526 g/mol. The predicted octanol–water partition coefficient (Wildman–Crippen LogP) is 3.97. The molecule has 0 heterocycles. The molecule has 1 rings (SSSR count). The van der Waals surface area contributed by atoms with Crippen molar-refractivity contribution in [2.24, 2.45) is 0 Å². The van der Waals surface area contributed by atoms with Gasteiger partial charge in [-0.05, 0) is 69.8 Å². The van der Waals surface area contributed by atoms with Crippen LogP contribution >= 0.6 is 45.2 Å². The lowest BCUT2D eigenvalue weighted by Crippen LogP contribution is -2.26. The summed E-state index contributed by atoms with van der Waals surface area (Å²) in [6.45, 7) is 2.85. The Morgan fingerprint density at radius 2 is 1.86 bits per heavy atom. The maximum absolute atomic E-state index is 12.7. The van der Waals surface area contributed by atoms with Gasteiger partial charge in [0.25, 0.3) is 0 Å². The van der Waals surface area contributed by atoms with Gasteiger partial charge in [0.2, 0.25) is 0 Å². The number of ether oxygens (including phenoxy) is 3. The van der Waals surface area contributed by atoms with Crippen molar-refractivity contribution in [1.82, 2.24) is 0 Å². The van der Waals surface area contributed by atoms with E-state index in [0.717, 1.165) is 7.14 Å². The maximum atomic E-state index is 12.7. The second-order valence-corrected chi connectivity index (χ2v) is 6.43. The van der Waals surface area contributed by atoms with Crippen molar-refractivity contribution < 1.29 is 27.8 Å². The van der Waals surface area contributed by atoms with E-state index in [1.165, 1.54) is 0 Å². The molecule has 21 heavy (non-hydrogen) atoms. The average molecular weight is 526 g/mol. The largest absolute Gasteiger partial charge is 0.465 e. The lowest BCUT2D eigenvalue weighted by atomic mass is 10.2. The molecule has 1 aromatic rings. The zero-order chi connectivity index (χ0) is 16.0. The molecule has 0 aromatic heterocycles. The Balaban J connectivity index is 2.72. The van der Waals surface area contributed by atoms with Gasteiger partial charge in [-0.2, -0.15) is 8.78 Å². The first-order valence-corrected chi connectivity index (χ1v) is 8.15. The van der Waals surface area contributed by atoms with Crippen molar-refractivity contribution in [3.8, 4) is 5.75 Å². The van der Waals surface area contributed by atoms with Crippen molar-refractivity contribution in [2.45, 2.75) is 26.4 Å². The lowest BCUT2D eigenvalue weighted by Gasteiger charge is -2.13. The van der Waals surface area contributed by atoms with Gasteiger partial charge in [0.1, 0.15) is 12.4 Å². The minimum atomic E-state index is -3.49. The Labute approximate surface area is 148 Å². The molecular weight excluding hydrogens is 512 g/mol. The summed E-state index contributed by atoms with van der Waals surface area (Å²) in [4.78, 5) is 11.0. The van der Waals surface area contributed by atoms with Crippen molar-refractivity contribution >= 4 is 51.2 Å². The summed E-state index contributed by atoms with van der Waals surface area (Å²) in [5, 5.41) is 0. The standard InChI is InChI=1S/C13H14F2I2O4/c1-3-19-7-21-11-9(16)4-8(5-10(11)17)6-20-12(18)13(2,14)15/h4-5H,3,6-7H2,1-2H3. The molecule has 0 spiro atoms. The van der Waals surface area contributed by atoms with Crippen LogP contribution in [0.4, 0.5) is 8.78 Å². The highest BCUT2D eigenvalue weighted by Crippen LogP contribution is 2.29. The summed E-state index contributed by atoms with van der Waals surface area (Å²) in [6, 6.07) is 3.43. The Kier molecular flexibility index (Phi) is 7.54. The third kappa shape index (κ3) is 6.19. The number of carbonyl (C=O) groups excluding carboxylic acids is 1. The quantitative estimate of drug-likeness (QED) is 0.234. The molecule has 4 nitrogen and oxygen atoms in total. The zero-order valence-electron chi connectivity index (χ0n) is 11.4. The van der Waals surface area contributed by atoms with Gasteiger partial charge in [-0.3, -0.25) is 0 Å². The summed E-state index contributed by atoms with van der Waals surface area (Å²) < 4.78 is 42.1. The molecule has 8 heteroatoms. The smallest absolute Gasteiger partial charge is 0.376 e. The first kappa shape index (κ1) is 18.8. The van der Waals surface area contributed by atoms with Crippen LogP contribution in [0.1, 0.15) is 19.4 Å². The average Bonchev–Trinajstić information content (AvgIpc) is 2.38. The number of hydrogen-bond donors (Lipinski definition) is 0. The molecule has 0 aliphatic rings. The maximum Gasteiger partial charge on any atom is 0.376 e. The molecule has 0 saturated heterocycles. The molecule has 0 unspecified atom stereocenters. The van der Waals surface area contributed by atoms with E-state index in [-0.39, 0.29) is 13.4 Å². The van der Waals surface area contributed by atoms with Gasteiger partial charge in [-0.25, -0.2) is 4.79 Å². The third-order valence-electron chi connectivity index (χ3n) is 2.28. The van der Waals surface area contributed by atoms with Crippen LogP contribution in [-0.2, 0) is 20.9 Å². The van der Waals surface area contributed by atoms with E-state index in [1.54, 1.807) is 12.1 Å². The number of alkyl halides is 2. The normalized spacial score (nSPS) is 11.3. The highest BCUT2D eigenvalue weighted by Gasteiger charge is 2.34. The van der Waals surface area contributed by atoms with E-state index in [2.05, 4.69) is 49.9 Å². The van der Waals surface area contributed by atoms with E-state index >= 15 is 0 Å². The number of carbonyl (C=O) groups is 1. The minimum Gasteiger partial charge on any atom is -0.465 e. The fourth-order valence-electron chi connectivity index (χ4n) is 1.29. The second kappa shape index (κ2) is 8.42. The van der Waals surface area contributed by atoms with E-state index in [1.807, 2.05) is 6.92 Å². The van der Waals surface area contributed by atoms with Gasteiger partial charge in [-0.15, -0.1) is 0 Å². The Morgan fingerprint density at radius 3 is 2.33 bits per heavy atom. The molecule has 0 amide bonds. The van der Waals surface area contributed by atoms with Crippen LogP contribution in [-0.4, -0.2) is 25.3 Å². The molecular formula is C13H14F2I2O4. The molecule has 0 bridgehead atoms. The number of halogens is 4. The molecule has 0 N–H and O–H groups in total. The van der Waals surface area contributed by atoms with Crippen LogP contribution in [0.3, 0.4) is 0 Å². The van der Waals surface area contributed by atoms with E-state index in [4.69, 9.17) is 9.47 Å². The zero-order valence-corrected chi connectivity index (χ0v) is 15.7. The molecule has 0 aliphatic carbocycles. The van der Waals surface area contributed by atoms with Crippen molar-refractivity contribution in [3.05, 3.63) is 24.8 Å². The highest BCUT2D eigenvalue weighted by molar-refractivity contribution is 14.1. The topological polar surface area (TPSA) is 44.8 Å².